The van der Waals surface area contributed by atoms with Crippen LogP contribution in [0.2, 0.25) is 0 Å². The Bertz CT molecular complexity index is 644. The van der Waals surface area contributed by atoms with Gasteiger partial charge < -0.3 is 9.67 Å². The van der Waals surface area contributed by atoms with E-state index in [1.165, 1.54) is 16.8 Å². The molecular formula is C19H26N2O. The molecule has 0 amide bonds. The second-order valence-electron chi connectivity index (χ2n) is 7.25. The topological polar surface area (TPSA) is 38.0 Å². The summed E-state index contributed by atoms with van der Waals surface area (Å²) in [5.74, 6) is 1.01. The standard InChI is InChI=1S/C19H26N2O/c1-12(2)9-16(19(22)13(3)4)18-15-8-6-5-7-14(15)17-10-20-11-21(17)18/h5-8,10-13,16,18-19,22H,9H2,1-4H3/t16-,18-,19+/m1/s1. The number of aliphatic hydroxyl groups is 1. The number of imidazole rings is 1. The molecule has 0 aliphatic carbocycles. The first-order valence-electron chi connectivity index (χ1n) is 8.30. The third kappa shape index (κ3) is 2.48. The summed E-state index contributed by atoms with van der Waals surface area (Å²) in [6.45, 7) is 8.67. The zero-order chi connectivity index (χ0) is 15.9. The quantitative estimate of drug-likeness (QED) is 0.901. The monoisotopic (exact) mass is 298 g/mol. The van der Waals surface area contributed by atoms with E-state index in [1.807, 2.05) is 12.5 Å². The van der Waals surface area contributed by atoms with Gasteiger partial charge in [0.1, 0.15) is 0 Å². The third-order valence-electron chi connectivity index (χ3n) is 4.79. The van der Waals surface area contributed by atoms with Crippen molar-refractivity contribution in [1.82, 2.24) is 9.55 Å². The van der Waals surface area contributed by atoms with E-state index in [1.54, 1.807) is 0 Å². The Morgan fingerprint density at radius 2 is 1.91 bits per heavy atom. The van der Waals surface area contributed by atoms with E-state index in [0.29, 0.717) is 5.92 Å². The van der Waals surface area contributed by atoms with E-state index in [-0.39, 0.29) is 24.0 Å². The molecule has 1 aliphatic heterocycles. The summed E-state index contributed by atoms with van der Waals surface area (Å²) in [5.41, 5.74) is 3.75. The summed E-state index contributed by atoms with van der Waals surface area (Å²) in [6.07, 6.45) is 4.55. The molecule has 0 fully saturated rings. The van der Waals surface area contributed by atoms with Crippen LogP contribution in [0.1, 0.15) is 45.7 Å². The van der Waals surface area contributed by atoms with Crippen LogP contribution >= 0.6 is 0 Å². The zero-order valence-corrected chi connectivity index (χ0v) is 13.9. The van der Waals surface area contributed by atoms with E-state index in [9.17, 15) is 5.11 Å². The van der Waals surface area contributed by atoms with Gasteiger partial charge in [-0.05, 0) is 23.8 Å². The zero-order valence-electron chi connectivity index (χ0n) is 13.9. The number of aliphatic hydroxyl groups excluding tert-OH is 1. The summed E-state index contributed by atoms with van der Waals surface area (Å²) in [6, 6.07) is 8.73. The van der Waals surface area contributed by atoms with Gasteiger partial charge in [-0.1, -0.05) is 52.0 Å². The molecule has 3 atom stereocenters. The molecule has 0 spiro atoms. The first kappa shape index (κ1) is 15.3. The number of benzene rings is 1. The van der Waals surface area contributed by atoms with Crippen LogP contribution in [0.4, 0.5) is 0 Å². The molecule has 1 aromatic heterocycles. The van der Waals surface area contributed by atoms with Crippen LogP contribution in [0.5, 0.6) is 0 Å². The van der Waals surface area contributed by atoms with E-state index < -0.39 is 0 Å². The van der Waals surface area contributed by atoms with Crippen molar-refractivity contribution >= 4 is 0 Å². The molecule has 0 bridgehead atoms. The normalized spacial score (nSPS) is 19.3. The summed E-state index contributed by atoms with van der Waals surface area (Å²) in [4.78, 5) is 4.34. The Labute approximate surface area is 133 Å². The average molecular weight is 298 g/mol. The van der Waals surface area contributed by atoms with Crippen LogP contribution in [0, 0.1) is 17.8 Å². The highest BCUT2D eigenvalue weighted by Crippen LogP contribution is 2.46. The van der Waals surface area contributed by atoms with Gasteiger partial charge in [0.2, 0.25) is 0 Å². The lowest BCUT2D eigenvalue weighted by Crippen LogP contribution is -2.34. The van der Waals surface area contributed by atoms with Crippen LogP contribution in [-0.2, 0) is 0 Å². The second-order valence-corrected chi connectivity index (χ2v) is 7.25. The van der Waals surface area contributed by atoms with Crippen molar-refractivity contribution in [3.63, 3.8) is 0 Å². The smallest absolute Gasteiger partial charge is 0.0956 e. The molecule has 22 heavy (non-hydrogen) atoms. The van der Waals surface area contributed by atoms with Gasteiger partial charge in [-0.25, -0.2) is 4.98 Å². The van der Waals surface area contributed by atoms with E-state index >= 15 is 0 Å². The maximum atomic E-state index is 10.9. The van der Waals surface area contributed by atoms with Crippen molar-refractivity contribution in [1.29, 1.82) is 0 Å². The van der Waals surface area contributed by atoms with Crippen LogP contribution in [-0.4, -0.2) is 20.8 Å². The molecule has 118 valence electrons. The lowest BCUT2D eigenvalue weighted by Gasteiger charge is -2.33. The largest absolute Gasteiger partial charge is 0.392 e. The number of fused-ring (bicyclic) bond motifs is 3. The van der Waals surface area contributed by atoms with Crippen molar-refractivity contribution < 1.29 is 5.11 Å². The van der Waals surface area contributed by atoms with Gasteiger partial charge >= 0.3 is 0 Å². The Morgan fingerprint density at radius 3 is 2.59 bits per heavy atom. The predicted octanol–water partition coefficient (Wildman–Crippen LogP) is 4.13. The molecule has 3 nitrogen and oxygen atoms in total. The van der Waals surface area contributed by atoms with Crippen LogP contribution in [0.25, 0.3) is 11.3 Å². The second kappa shape index (κ2) is 5.88. The summed E-state index contributed by atoms with van der Waals surface area (Å²) < 4.78 is 2.25. The molecule has 1 N–H and O–H groups in total. The van der Waals surface area contributed by atoms with E-state index in [0.717, 1.165) is 6.42 Å². The van der Waals surface area contributed by atoms with Gasteiger partial charge in [0, 0.05) is 11.5 Å². The molecule has 2 aromatic rings. The van der Waals surface area contributed by atoms with Crippen LogP contribution < -0.4 is 0 Å². The molecule has 2 heterocycles. The number of hydrogen-bond donors (Lipinski definition) is 1. The van der Waals surface area contributed by atoms with Gasteiger partial charge in [0.15, 0.2) is 0 Å². The van der Waals surface area contributed by atoms with Crippen molar-refractivity contribution in [3.05, 3.63) is 42.4 Å². The highest BCUT2D eigenvalue weighted by atomic mass is 16.3. The molecule has 0 radical (unpaired) electrons. The van der Waals surface area contributed by atoms with Gasteiger partial charge in [-0.3, -0.25) is 0 Å². The molecule has 1 aromatic carbocycles. The van der Waals surface area contributed by atoms with Crippen LogP contribution in [0.15, 0.2) is 36.8 Å². The SMILES string of the molecule is CC(C)C[C@H]([C@H]1c2ccccc2-c2cncn21)[C@@H](O)C(C)C. The fraction of sp³-hybridized carbons (Fsp3) is 0.526. The number of rotatable bonds is 5. The highest BCUT2D eigenvalue weighted by Gasteiger charge is 2.38. The van der Waals surface area contributed by atoms with Crippen molar-refractivity contribution in [2.75, 3.05) is 0 Å². The Hall–Kier alpha value is -1.61. The van der Waals surface area contributed by atoms with Gasteiger partial charge in [-0.2, -0.15) is 0 Å². The van der Waals surface area contributed by atoms with Crippen molar-refractivity contribution in [2.24, 2.45) is 17.8 Å². The van der Waals surface area contributed by atoms with Gasteiger partial charge in [-0.15, -0.1) is 0 Å². The summed E-state index contributed by atoms with van der Waals surface area (Å²) in [5, 5.41) is 10.9. The third-order valence-corrected chi connectivity index (χ3v) is 4.79. The minimum atomic E-state index is -0.311. The average Bonchev–Trinajstić information content (AvgIpc) is 3.04. The lowest BCUT2D eigenvalue weighted by atomic mass is 9.79. The molecule has 3 rings (SSSR count). The van der Waals surface area contributed by atoms with E-state index in [4.69, 9.17) is 0 Å². The molecular weight excluding hydrogens is 272 g/mol. The molecule has 0 saturated carbocycles. The van der Waals surface area contributed by atoms with Crippen molar-refractivity contribution in [3.8, 4) is 11.3 Å². The molecule has 0 saturated heterocycles. The number of nitrogens with zero attached hydrogens (tertiary/aromatic N) is 2. The Balaban J connectivity index is 2.08. The minimum Gasteiger partial charge on any atom is -0.392 e. The van der Waals surface area contributed by atoms with Crippen molar-refractivity contribution in [2.45, 2.75) is 46.3 Å². The van der Waals surface area contributed by atoms with Crippen LogP contribution in [0.3, 0.4) is 0 Å². The molecule has 0 unspecified atom stereocenters. The lowest BCUT2D eigenvalue weighted by molar-refractivity contribution is 0.0364. The maximum absolute atomic E-state index is 10.9. The predicted molar refractivity (Wildman–Crippen MR) is 89.6 cm³/mol. The number of aromatic nitrogens is 2. The number of hydrogen-bond acceptors (Lipinski definition) is 2. The Kier molecular flexibility index (Phi) is 4.09. The Morgan fingerprint density at radius 1 is 1.18 bits per heavy atom. The fourth-order valence-corrected chi connectivity index (χ4v) is 3.80. The molecule has 1 aliphatic rings. The van der Waals surface area contributed by atoms with E-state index in [2.05, 4.69) is 61.5 Å². The first-order valence-corrected chi connectivity index (χ1v) is 8.30. The molecule has 3 heteroatoms. The fourth-order valence-electron chi connectivity index (χ4n) is 3.80. The summed E-state index contributed by atoms with van der Waals surface area (Å²) >= 11 is 0. The first-order chi connectivity index (χ1) is 10.5. The van der Waals surface area contributed by atoms with Gasteiger partial charge in [0.05, 0.1) is 30.4 Å². The minimum absolute atomic E-state index is 0.188. The summed E-state index contributed by atoms with van der Waals surface area (Å²) in [7, 11) is 0. The maximum Gasteiger partial charge on any atom is 0.0956 e. The highest BCUT2D eigenvalue weighted by molar-refractivity contribution is 5.69. The van der Waals surface area contributed by atoms with Gasteiger partial charge in [0.25, 0.3) is 0 Å².